The normalized spacial score (nSPS) is 13.8. The molecule has 53 heavy (non-hydrogen) atoms. The van der Waals surface area contributed by atoms with E-state index in [0.29, 0.717) is 17.9 Å². The second kappa shape index (κ2) is 22.0. The molecular weight excluding hydrogens is 699 g/mol. The summed E-state index contributed by atoms with van der Waals surface area (Å²) in [5.74, 6) is -3.14. The molecule has 0 bridgehead atoms. The summed E-state index contributed by atoms with van der Waals surface area (Å²) in [6.45, 7) is 3.26. The molecule has 3 aromatic rings. The number of imidazole rings is 1. The molecule has 0 radical (unpaired) electrons. The number of thioether (sulfide) groups is 1. The number of carbonyl (C=O) groups excluding carboxylic acids is 6. The molecule has 1 aromatic heterocycles. The zero-order chi connectivity index (χ0) is 38.8. The number of aromatic amines is 1. The lowest BCUT2D eigenvalue weighted by Crippen LogP contribution is -2.58. The molecule has 286 valence electrons. The average molecular weight is 750 g/mol. The zero-order valence-corrected chi connectivity index (χ0v) is 31.1. The quantitative estimate of drug-likeness (QED) is 0.0694. The summed E-state index contributed by atoms with van der Waals surface area (Å²) in [5.41, 5.74) is 13.8. The Balaban J connectivity index is 1.74. The van der Waals surface area contributed by atoms with Crippen LogP contribution in [0.25, 0.3) is 0 Å². The number of amides is 6. The van der Waals surface area contributed by atoms with Crippen molar-refractivity contribution in [2.24, 2.45) is 17.4 Å². The predicted molar refractivity (Wildman–Crippen MR) is 203 cm³/mol. The highest BCUT2D eigenvalue weighted by Crippen LogP contribution is 2.10. The molecule has 6 amide bonds. The lowest BCUT2D eigenvalue weighted by atomic mass is 10.0. The van der Waals surface area contributed by atoms with Gasteiger partial charge in [0.2, 0.25) is 35.4 Å². The molecule has 0 aliphatic carbocycles. The molecule has 2 aromatic carbocycles. The first-order valence-corrected chi connectivity index (χ1v) is 18.8. The van der Waals surface area contributed by atoms with Crippen molar-refractivity contribution in [3.8, 4) is 0 Å². The zero-order valence-electron chi connectivity index (χ0n) is 30.3. The number of nitrogens with one attached hydrogen (secondary N) is 6. The van der Waals surface area contributed by atoms with Gasteiger partial charge in [0.25, 0.3) is 0 Å². The minimum Gasteiger partial charge on any atom is -0.368 e. The van der Waals surface area contributed by atoms with Crippen molar-refractivity contribution in [1.29, 1.82) is 0 Å². The molecule has 10 N–H and O–H groups in total. The fourth-order valence-corrected chi connectivity index (χ4v) is 5.90. The maximum atomic E-state index is 13.9. The lowest BCUT2D eigenvalue weighted by Gasteiger charge is -2.25. The number of benzene rings is 2. The van der Waals surface area contributed by atoms with Crippen LogP contribution in [0.3, 0.4) is 0 Å². The molecule has 15 nitrogen and oxygen atoms in total. The standard InChI is InChI=1S/C37H51N9O6S/c1-23(2)16-29(36(51)44-28(33(39)48)14-15-53-3)43-32(47)21-41-35(50)30(17-24-10-6-4-7-11-24)46-37(52)31(18-25-12-8-5-9-13-25)45-34(49)27(38)19-26-20-40-22-42-26/h4-13,20,22-23,27-31H,14-19,21,38H2,1-3H3,(H2,39,48)(H,40,42)(H,41,50)(H,43,47)(H,44,51)(H,45,49)(H,46,52)/t27-,28-,29-,30-,31-/m0/s1. The van der Waals surface area contributed by atoms with E-state index in [1.807, 2.05) is 56.5 Å². The van der Waals surface area contributed by atoms with Gasteiger partial charge >= 0.3 is 0 Å². The van der Waals surface area contributed by atoms with Crippen molar-refractivity contribution in [3.05, 3.63) is 90.0 Å². The van der Waals surface area contributed by atoms with E-state index in [2.05, 4.69) is 36.6 Å². The fraction of sp³-hybridized carbons (Fsp3) is 0.432. The van der Waals surface area contributed by atoms with Gasteiger partial charge in [-0.2, -0.15) is 11.8 Å². The Kier molecular flexibility index (Phi) is 17.5. The monoisotopic (exact) mass is 749 g/mol. The number of carbonyl (C=O) groups is 6. The van der Waals surface area contributed by atoms with Crippen LogP contribution in [-0.4, -0.2) is 94.2 Å². The van der Waals surface area contributed by atoms with Crippen molar-refractivity contribution in [3.63, 3.8) is 0 Å². The molecule has 0 spiro atoms. The maximum absolute atomic E-state index is 13.9. The highest BCUT2D eigenvalue weighted by Gasteiger charge is 2.30. The molecule has 5 atom stereocenters. The van der Waals surface area contributed by atoms with Crippen molar-refractivity contribution < 1.29 is 28.8 Å². The summed E-state index contributed by atoms with van der Waals surface area (Å²) < 4.78 is 0. The number of rotatable bonds is 22. The summed E-state index contributed by atoms with van der Waals surface area (Å²) >= 11 is 1.50. The predicted octanol–water partition coefficient (Wildman–Crippen LogP) is 0.105. The largest absolute Gasteiger partial charge is 0.368 e. The van der Waals surface area contributed by atoms with Gasteiger partial charge in [-0.05, 0) is 41.9 Å². The van der Waals surface area contributed by atoms with E-state index in [0.717, 1.165) is 11.1 Å². The minimum absolute atomic E-state index is 0.00804. The van der Waals surface area contributed by atoms with Gasteiger partial charge in [-0.1, -0.05) is 74.5 Å². The van der Waals surface area contributed by atoms with Gasteiger partial charge in [0.1, 0.15) is 24.2 Å². The first-order chi connectivity index (χ1) is 25.4. The number of hydrogen-bond donors (Lipinski definition) is 8. The average Bonchev–Trinajstić information content (AvgIpc) is 3.65. The first-order valence-electron chi connectivity index (χ1n) is 17.4. The van der Waals surface area contributed by atoms with Gasteiger partial charge < -0.3 is 43.0 Å². The molecule has 0 saturated heterocycles. The summed E-state index contributed by atoms with van der Waals surface area (Å²) in [6, 6.07) is 13.0. The summed E-state index contributed by atoms with van der Waals surface area (Å²) in [6.07, 6.45) is 5.86. The van der Waals surface area contributed by atoms with E-state index < -0.39 is 72.2 Å². The first kappa shape index (κ1) is 42.2. The Labute approximate surface area is 314 Å². The van der Waals surface area contributed by atoms with Crippen LogP contribution in [0, 0.1) is 5.92 Å². The molecule has 16 heteroatoms. The Morgan fingerprint density at radius 1 is 0.736 bits per heavy atom. The van der Waals surface area contributed by atoms with E-state index >= 15 is 0 Å². The van der Waals surface area contributed by atoms with Crippen LogP contribution in [0.15, 0.2) is 73.2 Å². The third-order valence-corrected chi connectivity index (χ3v) is 8.86. The fourth-order valence-electron chi connectivity index (χ4n) is 5.43. The van der Waals surface area contributed by atoms with E-state index in [4.69, 9.17) is 11.5 Å². The number of hydrogen-bond acceptors (Lipinski definition) is 9. The summed E-state index contributed by atoms with van der Waals surface area (Å²) in [4.78, 5) is 85.7. The third kappa shape index (κ3) is 15.1. The van der Waals surface area contributed by atoms with Gasteiger partial charge in [0, 0.05) is 31.2 Å². The van der Waals surface area contributed by atoms with Gasteiger partial charge in [-0.15, -0.1) is 0 Å². The molecule has 0 fully saturated rings. The van der Waals surface area contributed by atoms with Crippen LogP contribution in [0.1, 0.15) is 43.5 Å². The summed E-state index contributed by atoms with van der Waals surface area (Å²) in [5, 5.41) is 13.4. The number of primary amides is 1. The van der Waals surface area contributed by atoms with Crippen molar-refractivity contribution in [2.45, 2.75) is 76.2 Å². The van der Waals surface area contributed by atoms with Gasteiger partial charge in [-0.25, -0.2) is 4.98 Å². The number of H-pyrrole nitrogens is 1. The second-order valence-electron chi connectivity index (χ2n) is 13.1. The number of nitrogens with zero attached hydrogens (tertiary/aromatic N) is 1. The van der Waals surface area contributed by atoms with Crippen molar-refractivity contribution in [1.82, 2.24) is 36.6 Å². The second-order valence-corrected chi connectivity index (χ2v) is 14.1. The molecule has 3 rings (SSSR count). The van der Waals surface area contributed by atoms with Crippen molar-refractivity contribution >= 4 is 47.2 Å². The van der Waals surface area contributed by atoms with Crippen LogP contribution in [-0.2, 0) is 48.0 Å². The SMILES string of the molecule is CSCC[C@H](NC(=O)[C@H](CC(C)C)NC(=O)CNC(=O)[C@H](Cc1ccccc1)NC(=O)[C@H](Cc1ccccc1)NC(=O)[C@@H](N)Cc1cnc[nH]1)C(N)=O. The van der Waals surface area contributed by atoms with Gasteiger partial charge in [0.05, 0.1) is 18.9 Å². The Morgan fingerprint density at radius 2 is 1.28 bits per heavy atom. The smallest absolute Gasteiger partial charge is 0.243 e. The highest BCUT2D eigenvalue weighted by molar-refractivity contribution is 7.98. The maximum Gasteiger partial charge on any atom is 0.243 e. The van der Waals surface area contributed by atoms with Crippen LogP contribution >= 0.6 is 11.8 Å². The Morgan fingerprint density at radius 3 is 1.81 bits per heavy atom. The van der Waals surface area contributed by atoms with Crippen LogP contribution in [0.2, 0.25) is 0 Å². The van der Waals surface area contributed by atoms with Crippen molar-refractivity contribution in [2.75, 3.05) is 18.6 Å². The third-order valence-electron chi connectivity index (χ3n) is 8.22. The van der Waals surface area contributed by atoms with E-state index in [1.165, 1.54) is 18.1 Å². The lowest BCUT2D eigenvalue weighted by molar-refractivity contribution is -0.133. The Bertz CT molecular complexity index is 1630. The number of aromatic nitrogens is 2. The molecule has 0 aliphatic heterocycles. The summed E-state index contributed by atoms with van der Waals surface area (Å²) in [7, 11) is 0. The topological polar surface area (TPSA) is 243 Å². The molecule has 0 aliphatic rings. The van der Waals surface area contributed by atoms with E-state index in [1.54, 1.807) is 30.5 Å². The highest BCUT2D eigenvalue weighted by atomic mass is 32.2. The molecular formula is C37H51N9O6S. The van der Waals surface area contributed by atoms with Crippen LogP contribution < -0.4 is 38.1 Å². The van der Waals surface area contributed by atoms with Crippen LogP contribution in [0.4, 0.5) is 0 Å². The Hall–Kier alpha value is -5.22. The molecule has 0 saturated carbocycles. The molecule has 0 unspecified atom stereocenters. The number of nitrogens with two attached hydrogens (primary N) is 2. The van der Waals surface area contributed by atoms with Gasteiger partial charge in [-0.3, -0.25) is 28.8 Å². The van der Waals surface area contributed by atoms with Gasteiger partial charge in [0.15, 0.2) is 0 Å². The van der Waals surface area contributed by atoms with Crippen LogP contribution in [0.5, 0.6) is 0 Å². The van der Waals surface area contributed by atoms with E-state index in [9.17, 15) is 28.8 Å². The molecule has 1 heterocycles. The minimum atomic E-state index is -1.14. The van der Waals surface area contributed by atoms with E-state index in [-0.39, 0.29) is 31.6 Å².